The Bertz CT molecular complexity index is 819. The number of rotatable bonds is 3. The Morgan fingerprint density at radius 2 is 2.04 bits per heavy atom. The first-order chi connectivity index (χ1) is 11.5. The van der Waals surface area contributed by atoms with Crippen molar-refractivity contribution in [2.45, 2.75) is 18.9 Å². The normalized spacial score (nSPS) is 17.5. The van der Waals surface area contributed by atoms with Crippen LogP contribution in [0.4, 0.5) is 0 Å². The molecule has 3 heterocycles. The summed E-state index contributed by atoms with van der Waals surface area (Å²) in [6.45, 7) is 0.814. The molecule has 0 bridgehead atoms. The van der Waals surface area contributed by atoms with Gasteiger partial charge in [-0.05, 0) is 12.8 Å². The van der Waals surface area contributed by atoms with Gasteiger partial charge in [-0.2, -0.15) is 0 Å². The highest BCUT2D eigenvalue weighted by Crippen LogP contribution is 2.17. The van der Waals surface area contributed by atoms with Crippen LogP contribution in [0.15, 0.2) is 28.0 Å². The summed E-state index contributed by atoms with van der Waals surface area (Å²) in [5.41, 5.74) is -1.39. The number of H-pyrrole nitrogens is 2. The van der Waals surface area contributed by atoms with Crippen LogP contribution in [0, 0.1) is 0 Å². The first-order valence-electron chi connectivity index (χ1n) is 7.28. The standard InChI is InChI=1S/C14H14ClN5O4/c15-8-5-16-14(17-6-8)24-9-2-1-3-20(7-9)12(22)10-4-11(21)19-13(23)18-10/h4-6,9H,1-3,7H2,(H2,18,19,21,23). The van der Waals surface area contributed by atoms with Crippen molar-refractivity contribution in [2.75, 3.05) is 13.1 Å². The molecule has 126 valence electrons. The summed E-state index contributed by atoms with van der Waals surface area (Å²) < 4.78 is 5.66. The van der Waals surface area contributed by atoms with Gasteiger partial charge in [0.25, 0.3) is 11.5 Å². The van der Waals surface area contributed by atoms with E-state index in [1.54, 1.807) is 0 Å². The molecule has 1 amide bonds. The molecule has 3 rings (SSSR count). The van der Waals surface area contributed by atoms with Crippen molar-refractivity contribution in [3.8, 4) is 6.01 Å². The maximum atomic E-state index is 12.4. The van der Waals surface area contributed by atoms with Crippen molar-refractivity contribution < 1.29 is 9.53 Å². The average Bonchev–Trinajstić information content (AvgIpc) is 2.56. The van der Waals surface area contributed by atoms with E-state index in [9.17, 15) is 14.4 Å². The minimum Gasteiger partial charge on any atom is -0.458 e. The summed E-state index contributed by atoms with van der Waals surface area (Å²) in [6, 6.07) is 1.25. The van der Waals surface area contributed by atoms with Gasteiger partial charge in [-0.25, -0.2) is 14.8 Å². The Morgan fingerprint density at radius 1 is 1.29 bits per heavy atom. The van der Waals surface area contributed by atoms with Crippen LogP contribution in [0.3, 0.4) is 0 Å². The minimum atomic E-state index is -0.717. The Kier molecular flexibility index (Phi) is 4.61. The molecular weight excluding hydrogens is 338 g/mol. The number of amides is 1. The lowest BCUT2D eigenvalue weighted by atomic mass is 10.1. The third kappa shape index (κ3) is 3.80. The number of likely N-dealkylation sites (tertiary alicyclic amines) is 1. The van der Waals surface area contributed by atoms with Gasteiger partial charge in [0, 0.05) is 12.6 Å². The average molecular weight is 352 g/mol. The lowest BCUT2D eigenvalue weighted by molar-refractivity contribution is 0.0510. The first kappa shape index (κ1) is 16.2. The second-order valence-corrected chi connectivity index (χ2v) is 5.75. The first-order valence-corrected chi connectivity index (χ1v) is 7.66. The van der Waals surface area contributed by atoms with Crippen molar-refractivity contribution in [1.29, 1.82) is 0 Å². The number of carbonyl (C=O) groups excluding carboxylic acids is 1. The number of nitrogens with zero attached hydrogens (tertiary/aromatic N) is 3. The SMILES string of the molecule is O=C(c1cc(=O)[nH]c(=O)[nH]1)N1CCCC(Oc2ncc(Cl)cn2)C1. The molecule has 10 heteroatoms. The summed E-state index contributed by atoms with van der Waals surface area (Å²) in [4.78, 5) is 48.9. The minimum absolute atomic E-state index is 0.0489. The Balaban J connectivity index is 1.70. The van der Waals surface area contributed by atoms with E-state index < -0.39 is 17.2 Å². The highest BCUT2D eigenvalue weighted by molar-refractivity contribution is 6.30. The van der Waals surface area contributed by atoms with E-state index in [0.717, 1.165) is 18.9 Å². The van der Waals surface area contributed by atoms with Crippen molar-refractivity contribution >= 4 is 17.5 Å². The quantitative estimate of drug-likeness (QED) is 0.814. The van der Waals surface area contributed by atoms with Crippen LogP contribution in [0.5, 0.6) is 6.01 Å². The van der Waals surface area contributed by atoms with Gasteiger partial charge in [0.05, 0.1) is 24.0 Å². The van der Waals surface area contributed by atoms with Crippen LogP contribution >= 0.6 is 11.6 Å². The Morgan fingerprint density at radius 3 is 2.75 bits per heavy atom. The molecule has 1 atom stereocenters. The highest BCUT2D eigenvalue weighted by atomic mass is 35.5. The molecular formula is C14H14ClN5O4. The fraction of sp³-hybridized carbons (Fsp3) is 0.357. The maximum absolute atomic E-state index is 12.4. The predicted molar refractivity (Wildman–Crippen MR) is 84.3 cm³/mol. The molecule has 0 aliphatic carbocycles. The van der Waals surface area contributed by atoms with Crippen molar-refractivity contribution in [3.05, 3.63) is 50.0 Å². The van der Waals surface area contributed by atoms with Gasteiger partial charge >= 0.3 is 11.7 Å². The number of piperidine rings is 1. The van der Waals surface area contributed by atoms with E-state index in [2.05, 4.69) is 15.0 Å². The molecule has 2 N–H and O–H groups in total. The van der Waals surface area contributed by atoms with Gasteiger partial charge in [-0.15, -0.1) is 0 Å². The molecule has 1 saturated heterocycles. The van der Waals surface area contributed by atoms with E-state index in [-0.39, 0.29) is 17.8 Å². The van der Waals surface area contributed by atoms with Gasteiger partial charge in [0.1, 0.15) is 11.8 Å². The summed E-state index contributed by atoms with van der Waals surface area (Å²) >= 11 is 5.72. The molecule has 2 aromatic rings. The molecule has 0 spiro atoms. The number of hydrogen-bond acceptors (Lipinski definition) is 6. The number of carbonyl (C=O) groups is 1. The molecule has 1 fully saturated rings. The number of ether oxygens (including phenoxy) is 1. The monoisotopic (exact) mass is 351 g/mol. The van der Waals surface area contributed by atoms with Crippen molar-refractivity contribution in [3.63, 3.8) is 0 Å². The van der Waals surface area contributed by atoms with Crippen LogP contribution in [0.2, 0.25) is 5.02 Å². The molecule has 0 saturated carbocycles. The van der Waals surface area contributed by atoms with Crippen LogP contribution < -0.4 is 16.0 Å². The fourth-order valence-corrected chi connectivity index (χ4v) is 2.58. The van der Waals surface area contributed by atoms with Crippen molar-refractivity contribution in [2.24, 2.45) is 0 Å². The molecule has 0 radical (unpaired) electrons. The Hall–Kier alpha value is -2.68. The summed E-state index contributed by atoms with van der Waals surface area (Å²) in [6.07, 6.45) is 4.03. The highest BCUT2D eigenvalue weighted by Gasteiger charge is 2.27. The Labute approximate surface area is 140 Å². The zero-order valence-electron chi connectivity index (χ0n) is 12.5. The van der Waals surface area contributed by atoms with Crippen molar-refractivity contribution in [1.82, 2.24) is 24.8 Å². The van der Waals surface area contributed by atoms with Crippen LogP contribution in [-0.2, 0) is 0 Å². The zero-order chi connectivity index (χ0) is 17.1. The predicted octanol–water partition coefficient (Wildman–Crippen LogP) is 0.190. The third-order valence-electron chi connectivity index (χ3n) is 3.52. The lowest BCUT2D eigenvalue weighted by Crippen LogP contribution is -2.45. The van der Waals surface area contributed by atoms with E-state index in [1.165, 1.54) is 17.3 Å². The molecule has 9 nitrogen and oxygen atoms in total. The topological polar surface area (TPSA) is 121 Å². The molecule has 1 aliphatic heterocycles. The van der Waals surface area contributed by atoms with Crippen LogP contribution in [0.1, 0.15) is 23.3 Å². The number of nitrogens with one attached hydrogen (secondary N) is 2. The number of aromatic nitrogens is 4. The smallest absolute Gasteiger partial charge is 0.326 e. The molecule has 2 aromatic heterocycles. The van der Waals surface area contributed by atoms with Gasteiger partial charge in [0.15, 0.2) is 0 Å². The van der Waals surface area contributed by atoms with Crippen LogP contribution in [-0.4, -0.2) is 49.9 Å². The van der Waals surface area contributed by atoms with Crippen LogP contribution in [0.25, 0.3) is 0 Å². The molecule has 1 aliphatic rings. The number of hydrogen-bond donors (Lipinski definition) is 2. The fourth-order valence-electron chi connectivity index (χ4n) is 2.48. The van der Waals surface area contributed by atoms with Gasteiger partial charge in [-0.3, -0.25) is 14.6 Å². The van der Waals surface area contributed by atoms with Gasteiger partial charge < -0.3 is 14.6 Å². The molecule has 0 aromatic carbocycles. The number of halogens is 1. The molecule has 24 heavy (non-hydrogen) atoms. The third-order valence-corrected chi connectivity index (χ3v) is 3.72. The zero-order valence-corrected chi connectivity index (χ0v) is 13.2. The van der Waals surface area contributed by atoms with E-state index in [0.29, 0.717) is 18.1 Å². The summed E-state index contributed by atoms with van der Waals surface area (Å²) in [5.74, 6) is -0.427. The van der Waals surface area contributed by atoms with Gasteiger partial charge in [0.2, 0.25) is 0 Å². The maximum Gasteiger partial charge on any atom is 0.326 e. The lowest BCUT2D eigenvalue weighted by Gasteiger charge is -2.32. The summed E-state index contributed by atoms with van der Waals surface area (Å²) in [5, 5.41) is 0.404. The summed E-state index contributed by atoms with van der Waals surface area (Å²) in [7, 11) is 0. The second kappa shape index (κ2) is 6.83. The largest absolute Gasteiger partial charge is 0.458 e. The van der Waals surface area contributed by atoms with E-state index in [1.807, 2.05) is 4.98 Å². The van der Waals surface area contributed by atoms with Gasteiger partial charge in [-0.1, -0.05) is 11.6 Å². The van der Waals surface area contributed by atoms with E-state index >= 15 is 0 Å². The number of aromatic amines is 2. The second-order valence-electron chi connectivity index (χ2n) is 5.32. The molecule has 1 unspecified atom stereocenters. The van der Waals surface area contributed by atoms with E-state index in [4.69, 9.17) is 16.3 Å².